The molecule has 31 heavy (non-hydrogen) atoms. The molecule has 0 spiro atoms. The lowest BCUT2D eigenvalue weighted by atomic mass is 10.1. The Hall–Kier alpha value is -2.36. The normalized spacial score (nSPS) is 17.1. The highest BCUT2D eigenvalue weighted by atomic mass is 127. The van der Waals surface area contributed by atoms with Crippen LogP contribution >= 0.6 is 24.0 Å². The minimum atomic E-state index is -0.218. The minimum Gasteiger partial charge on any atom is -0.370 e. The summed E-state index contributed by atoms with van der Waals surface area (Å²) in [5.41, 5.74) is 9.49. The molecule has 0 bridgehead atoms. The lowest BCUT2D eigenvalue weighted by molar-refractivity contribution is -0.128. The molecule has 0 atom stereocenters. The summed E-state index contributed by atoms with van der Waals surface area (Å²) in [6.07, 6.45) is 1.61. The van der Waals surface area contributed by atoms with Gasteiger partial charge in [-0.3, -0.25) is 4.79 Å². The number of halogens is 2. The number of amides is 1. The van der Waals surface area contributed by atoms with Crippen molar-refractivity contribution in [3.63, 3.8) is 0 Å². The Morgan fingerprint density at radius 1 is 1.00 bits per heavy atom. The number of piperazine rings is 1. The summed E-state index contributed by atoms with van der Waals surface area (Å²) in [7, 11) is 0. The van der Waals surface area contributed by atoms with Gasteiger partial charge < -0.3 is 20.4 Å². The number of rotatable bonds is 5. The summed E-state index contributed by atoms with van der Waals surface area (Å²) >= 11 is 0. The Kier molecular flexibility index (Phi) is 8.11. The number of anilines is 1. The van der Waals surface area contributed by atoms with Crippen LogP contribution in [-0.2, 0) is 17.9 Å². The maximum Gasteiger partial charge on any atom is 0.222 e. The van der Waals surface area contributed by atoms with E-state index in [1.54, 1.807) is 0 Å². The molecule has 0 radical (unpaired) electrons. The monoisotopic (exact) mass is 537 g/mol. The molecule has 6 nitrogen and oxygen atoms in total. The van der Waals surface area contributed by atoms with E-state index in [0.29, 0.717) is 25.5 Å². The van der Waals surface area contributed by atoms with Crippen LogP contribution in [0.4, 0.5) is 10.1 Å². The Morgan fingerprint density at radius 3 is 2.39 bits per heavy atom. The summed E-state index contributed by atoms with van der Waals surface area (Å²) in [6, 6.07) is 14.8. The van der Waals surface area contributed by atoms with Crippen LogP contribution in [0, 0.1) is 5.82 Å². The van der Waals surface area contributed by atoms with E-state index in [0.717, 1.165) is 56.0 Å². The summed E-state index contributed by atoms with van der Waals surface area (Å²) < 4.78 is 13.1. The first kappa shape index (κ1) is 23.3. The van der Waals surface area contributed by atoms with Gasteiger partial charge in [-0.05, 0) is 41.8 Å². The smallest absolute Gasteiger partial charge is 0.222 e. The molecule has 2 heterocycles. The van der Waals surface area contributed by atoms with Crippen molar-refractivity contribution in [2.45, 2.75) is 25.9 Å². The second-order valence-corrected chi connectivity index (χ2v) is 7.86. The van der Waals surface area contributed by atoms with Gasteiger partial charge in [0.1, 0.15) is 5.82 Å². The average Bonchev–Trinajstić information content (AvgIpc) is 3.17. The van der Waals surface area contributed by atoms with Crippen molar-refractivity contribution < 1.29 is 9.18 Å². The van der Waals surface area contributed by atoms with Crippen LogP contribution in [0.15, 0.2) is 53.5 Å². The number of hydrogen-bond acceptors (Lipinski definition) is 3. The minimum absolute atomic E-state index is 0. The topological polar surface area (TPSA) is 65.2 Å². The van der Waals surface area contributed by atoms with E-state index in [9.17, 15) is 9.18 Å². The van der Waals surface area contributed by atoms with Gasteiger partial charge in [-0.25, -0.2) is 9.38 Å². The van der Waals surface area contributed by atoms with Crippen LogP contribution in [0.5, 0.6) is 0 Å². The SMILES string of the molecule is I.NC(=NCc1cccc(CN2CCCC2=O)c1)N1CCN(c2ccc(F)cc2)CC1. The van der Waals surface area contributed by atoms with Crippen molar-refractivity contribution in [2.24, 2.45) is 10.7 Å². The standard InChI is InChI=1S/C23H28FN5O.HI/c24-20-6-8-21(9-7-20)27-11-13-28(14-12-27)23(25)26-16-18-3-1-4-19(15-18)17-29-10-2-5-22(29)30;/h1,3-4,6-9,15H,2,5,10-14,16-17H2,(H2,25,26);1H. The molecular formula is C23H29FIN5O. The molecular weight excluding hydrogens is 508 g/mol. The third-order valence-electron chi connectivity index (χ3n) is 5.76. The fraction of sp³-hybridized carbons (Fsp3) is 0.391. The van der Waals surface area contributed by atoms with Gasteiger partial charge in [0.15, 0.2) is 5.96 Å². The summed E-state index contributed by atoms with van der Waals surface area (Å²) in [6.45, 7) is 5.23. The largest absolute Gasteiger partial charge is 0.370 e. The second-order valence-electron chi connectivity index (χ2n) is 7.86. The molecule has 2 N–H and O–H groups in total. The number of carbonyl (C=O) groups is 1. The first-order valence-corrected chi connectivity index (χ1v) is 10.5. The van der Waals surface area contributed by atoms with Crippen LogP contribution in [0.1, 0.15) is 24.0 Å². The molecule has 8 heteroatoms. The van der Waals surface area contributed by atoms with E-state index < -0.39 is 0 Å². The van der Waals surface area contributed by atoms with Crippen molar-refractivity contribution in [1.29, 1.82) is 0 Å². The summed E-state index contributed by atoms with van der Waals surface area (Å²) in [4.78, 5) is 22.7. The van der Waals surface area contributed by atoms with E-state index in [1.807, 2.05) is 29.2 Å². The predicted octanol–water partition coefficient (Wildman–Crippen LogP) is 3.20. The van der Waals surface area contributed by atoms with Gasteiger partial charge >= 0.3 is 0 Å². The van der Waals surface area contributed by atoms with Crippen LogP contribution in [-0.4, -0.2) is 54.4 Å². The van der Waals surface area contributed by atoms with E-state index in [4.69, 9.17) is 5.73 Å². The van der Waals surface area contributed by atoms with E-state index >= 15 is 0 Å². The van der Waals surface area contributed by atoms with Crippen molar-refractivity contribution in [2.75, 3.05) is 37.6 Å². The van der Waals surface area contributed by atoms with Crippen molar-refractivity contribution in [1.82, 2.24) is 9.80 Å². The van der Waals surface area contributed by atoms with Crippen LogP contribution in [0.3, 0.4) is 0 Å². The molecule has 0 aliphatic carbocycles. The highest BCUT2D eigenvalue weighted by molar-refractivity contribution is 14.0. The van der Waals surface area contributed by atoms with E-state index in [1.165, 1.54) is 12.1 Å². The maximum absolute atomic E-state index is 13.1. The fourth-order valence-electron chi connectivity index (χ4n) is 4.04. The average molecular weight is 537 g/mol. The van der Waals surface area contributed by atoms with Crippen molar-refractivity contribution in [3.05, 3.63) is 65.5 Å². The highest BCUT2D eigenvalue weighted by Gasteiger charge is 2.20. The van der Waals surface area contributed by atoms with Gasteiger partial charge in [0.05, 0.1) is 6.54 Å². The Labute approximate surface area is 199 Å². The summed E-state index contributed by atoms with van der Waals surface area (Å²) in [5.74, 6) is 0.571. The molecule has 166 valence electrons. The third kappa shape index (κ3) is 6.09. The zero-order chi connectivity index (χ0) is 20.9. The molecule has 2 aromatic rings. The molecule has 2 aromatic carbocycles. The second kappa shape index (κ2) is 10.8. The quantitative estimate of drug-likeness (QED) is 0.362. The Morgan fingerprint density at radius 2 is 1.71 bits per heavy atom. The number of guanidine groups is 1. The fourth-order valence-corrected chi connectivity index (χ4v) is 4.04. The number of benzene rings is 2. The molecule has 0 unspecified atom stereocenters. The number of nitrogens with zero attached hydrogens (tertiary/aromatic N) is 4. The van der Waals surface area contributed by atoms with Gasteiger partial charge in [-0.15, -0.1) is 24.0 Å². The first-order valence-electron chi connectivity index (χ1n) is 10.5. The summed E-state index contributed by atoms with van der Waals surface area (Å²) in [5, 5.41) is 0. The van der Waals surface area contributed by atoms with Gasteiger partial charge in [-0.1, -0.05) is 24.3 Å². The molecule has 0 saturated carbocycles. The van der Waals surface area contributed by atoms with Crippen LogP contribution < -0.4 is 10.6 Å². The molecule has 1 amide bonds. The number of nitrogens with two attached hydrogens (primary N) is 1. The third-order valence-corrected chi connectivity index (χ3v) is 5.76. The van der Waals surface area contributed by atoms with Crippen molar-refractivity contribution in [3.8, 4) is 0 Å². The number of carbonyl (C=O) groups excluding carboxylic acids is 1. The predicted molar refractivity (Wildman–Crippen MR) is 132 cm³/mol. The molecule has 2 fully saturated rings. The zero-order valence-corrected chi connectivity index (χ0v) is 19.9. The van der Waals surface area contributed by atoms with E-state index in [-0.39, 0.29) is 35.7 Å². The van der Waals surface area contributed by atoms with Crippen LogP contribution in [0.2, 0.25) is 0 Å². The molecule has 0 aromatic heterocycles. The van der Waals surface area contributed by atoms with E-state index in [2.05, 4.69) is 26.9 Å². The van der Waals surface area contributed by atoms with Crippen LogP contribution in [0.25, 0.3) is 0 Å². The maximum atomic E-state index is 13.1. The zero-order valence-electron chi connectivity index (χ0n) is 17.5. The highest BCUT2D eigenvalue weighted by Crippen LogP contribution is 2.18. The van der Waals surface area contributed by atoms with Gasteiger partial charge in [-0.2, -0.15) is 0 Å². The van der Waals surface area contributed by atoms with Gasteiger partial charge in [0, 0.05) is 51.4 Å². The van der Waals surface area contributed by atoms with Gasteiger partial charge in [0.2, 0.25) is 5.91 Å². The Balaban J connectivity index is 0.00000272. The molecule has 2 saturated heterocycles. The lowest BCUT2D eigenvalue weighted by Gasteiger charge is -2.36. The number of aliphatic imine (C=N–C) groups is 1. The van der Waals surface area contributed by atoms with Crippen molar-refractivity contribution >= 4 is 41.5 Å². The first-order chi connectivity index (χ1) is 14.6. The number of hydrogen-bond donors (Lipinski definition) is 1. The lowest BCUT2D eigenvalue weighted by Crippen LogP contribution is -2.51. The molecule has 2 aliphatic rings. The van der Waals surface area contributed by atoms with Gasteiger partial charge in [0.25, 0.3) is 0 Å². The molecule has 4 rings (SSSR count). The molecule has 2 aliphatic heterocycles. The Bertz CT molecular complexity index is 912. The number of likely N-dealkylation sites (tertiary alicyclic amines) is 1.